The first kappa shape index (κ1) is 15.7. The quantitative estimate of drug-likeness (QED) is 0.669. The highest BCUT2D eigenvalue weighted by molar-refractivity contribution is 6.41. The van der Waals surface area contributed by atoms with Crippen molar-refractivity contribution in [1.29, 1.82) is 0 Å². The molecular weight excluding hydrogens is 292 g/mol. The number of carboxylic acid groups (broad SMARTS) is 3. The van der Waals surface area contributed by atoms with Crippen LogP contribution in [0.15, 0.2) is 28.9 Å². The van der Waals surface area contributed by atoms with E-state index in [1.807, 2.05) is 0 Å². The zero-order chi connectivity index (χ0) is 16.3. The van der Waals surface area contributed by atoms with Crippen molar-refractivity contribution in [2.45, 2.75) is 31.3 Å². The van der Waals surface area contributed by atoms with Gasteiger partial charge in [0.25, 0.3) is 0 Å². The standard InChI is InChI=1S/C14H16N2O6/c17-12(18)9-6-8(7-10(15-9)13(19)20)3-5-16-4-1-2-11(16)14(21)22/h3,5-6,10-11H,1-2,4,7H2,(H,17,18)(H,19,20)(H,21,22). The van der Waals surface area contributed by atoms with E-state index in [4.69, 9.17) is 15.3 Å². The summed E-state index contributed by atoms with van der Waals surface area (Å²) < 4.78 is 0. The third-order valence-electron chi connectivity index (χ3n) is 3.61. The number of hydrogen-bond donors (Lipinski definition) is 3. The van der Waals surface area contributed by atoms with Gasteiger partial charge in [-0.05, 0) is 30.6 Å². The van der Waals surface area contributed by atoms with Crippen LogP contribution >= 0.6 is 0 Å². The Bertz CT molecular complexity index is 592. The Morgan fingerprint density at radius 2 is 1.95 bits per heavy atom. The maximum Gasteiger partial charge on any atom is 0.354 e. The number of aliphatic carboxylic acids is 3. The summed E-state index contributed by atoms with van der Waals surface area (Å²) in [6.45, 7) is 0.600. The highest BCUT2D eigenvalue weighted by atomic mass is 16.4. The molecule has 1 saturated heterocycles. The summed E-state index contributed by atoms with van der Waals surface area (Å²) in [6.07, 6.45) is 5.85. The largest absolute Gasteiger partial charge is 0.480 e. The van der Waals surface area contributed by atoms with Crippen LogP contribution in [0.2, 0.25) is 0 Å². The number of allylic oxidation sites excluding steroid dienone is 1. The van der Waals surface area contributed by atoms with Gasteiger partial charge in [-0.1, -0.05) is 0 Å². The zero-order valence-electron chi connectivity index (χ0n) is 11.7. The third kappa shape index (κ3) is 3.51. The molecule has 8 heteroatoms. The highest BCUT2D eigenvalue weighted by Gasteiger charge is 2.28. The van der Waals surface area contributed by atoms with Gasteiger partial charge in [-0.25, -0.2) is 14.4 Å². The average Bonchev–Trinajstić information content (AvgIpc) is 2.93. The molecule has 2 rings (SSSR count). The van der Waals surface area contributed by atoms with Gasteiger partial charge in [0.15, 0.2) is 6.04 Å². The minimum atomic E-state index is -1.29. The number of rotatable bonds is 5. The smallest absolute Gasteiger partial charge is 0.354 e. The molecule has 0 aromatic carbocycles. The molecule has 0 spiro atoms. The van der Waals surface area contributed by atoms with E-state index in [0.717, 1.165) is 6.42 Å². The fourth-order valence-corrected chi connectivity index (χ4v) is 2.51. The van der Waals surface area contributed by atoms with Crippen molar-refractivity contribution in [2.75, 3.05) is 6.54 Å². The zero-order valence-corrected chi connectivity index (χ0v) is 11.7. The Labute approximate surface area is 126 Å². The molecular formula is C14H16N2O6. The number of carbonyl (C=O) groups is 3. The second-order valence-corrected chi connectivity index (χ2v) is 5.15. The number of carboxylic acids is 3. The van der Waals surface area contributed by atoms with Gasteiger partial charge in [0.1, 0.15) is 11.8 Å². The van der Waals surface area contributed by atoms with Crippen molar-refractivity contribution in [3.63, 3.8) is 0 Å². The molecule has 1 fully saturated rings. The van der Waals surface area contributed by atoms with Gasteiger partial charge in [-0.3, -0.25) is 4.99 Å². The molecule has 0 radical (unpaired) electrons. The van der Waals surface area contributed by atoms with Crippen molar-refractivity contribution < 1.29 is 29.7 Å². The monoisotopic (exact) mass is 308 g/mol. The van der Waals surface area contributed by atoms with E-state index < -0.39 is 30.0 Å². The van der Waals surface area contributed by atoms with Gasteiger partial charge in [0.2, 0.25) is 0 Å². The van der Waals surface area contributed by atoms with E-state index in [2.05, 4.69) is 4.99 Å². The summed E-state index contributed by atoms with van der Waals surface area (Å²) >= 11 is 0. The van der Waals surface area contributed by atoms with Crippen LogP contribution in [0.5, 0.6) is 0 Å². The van der Waals surface area contributed by atoms with Crippen molar-refractivity contribution in [2.24, 2.45) is 4.99 Å². The Morgan fingerprint density at radius 3 is 2.55 bits per heavy atom. The van der Waals surface area contributed by atoms with E-state index in [0.29, 0.717) is 18.5 Å². The van der Waals surface area contributed by atoms with Crippen LogP contribution in [0.25, 0.3) is 0 Å². The van der Waals surface area contributed by atoms with Crippen LogP contribution in [0.3, 0.4) is 0 Å². The number of nitrogens with zero attached hydrogens (tertiary/aromatic N) is 2. The predicted octanol–water partition coefficient (Wildman–Crippen LogP) is 0.358. The van der Waals surface area contributed by atoms with Gasteiger partial charge in [0, 0.05) is 19.2 Å². The molecule has 22 heavy (non-hydrogen) atoms. The molecule has 2 heterocycles. The van der Waals surface area contributed by atoms with Gasteiger partial charge in [-0.2, -0.15) is 0 Å². The lowest BCUT2D eigenvalue weighted by molar-refractivity contribution is -0.141. The van der Waals surface area contributed by atoms with Gasteiger partial charge < -0.3 is 20.2 Å². The van der Waals surface area contributed by atoms with Gasteiger partial charge in [0.05, 0.1) is 0 Å². The van der Waals surface area contributed by atoms with Crippen molar-refractivity contribution in [1.82, 2.24) is 4.90 Å². The first-order valence-corrected chi connectivity index (χ1v) is 6.79. The molecule has 0 saturated carbocycles. The van der Waals surface area contributed by atoms with Crippen molar-refractivity contribution in [3.8, 4) is 0 Å². The van der Waals surface area contributed by atoms with Crippen LogP contribution in [0.1, 0.15) is 19.3 Å². The van der Waals surface area contributed by atoms with Crippen molar-refractivity contribution >= 4 is 23.6 Å². The minimum Gasteiger partial charge on any atom is -0.480 e. The molecule has 2 atom stereocenters. The lowest BCUT2D eigenvalue weighted by Crippen LogP contribution is -2.32. The molecule has 118 valence electrons. The van der Waals surface area contributed by atoms with Crippen LogP contribution in [0, 0.1) is 0 Å². The topological polar surface area (TPSA) is 127 Å². The predicted molar refractivity (Wildman–Crippen MR) is 75.7 cm³/mol. The molecule has 0 aliphatic carbocycles. The van der Waals surface area contributed by atoms with E-state index in [1.54, 1.807) is 17.2 Å². The lowest BCUT2D eigenvalue weighted by atomic mass is 10.0. The normalized spacial score (nSPS) is 25.0. The Hall–Kier alpha value is -2.64. The molecule has 0 amide bonds. The summed E-state index contributed by atoms with van der Waals surface area (Å²) in [7, 11) is 0. The van der Waals surface area contributed by atoms with E-state index >= 15 is 0 Å². The molecule has 0 aromatic heterocycles. The Kier molecular flexibility index (Phi) is 4.59. The van der Waals surface area contributed by atoms with E-state index in [9.17, 15) is 14.4 Å². The van der Waals surface area contributed by atoms with Crippen LogP contribution < -0.4 is 0 Å². The average molecular weight is 308 g/mol. The molecule has 2 aliphatic heterocycles. The Balaban J connectivity index is 2.16. The summed E-state index contributed by atoms with van der Waals surface area (Å²) in [6, 6.07) is -1.73. The summed E-state index contributed by atoms with van der Waals surface area (Å²) in [5.74, 6) is -3.39. The van der Waals surface area contributed by atoms with E-state index in [1.165, 1.54) is 6.08 Å². The molecule has 2 unspecified atom stereocenters. The fraction of sp³-hybridized carbons (Fsp3) is 0.429. The lowest BCUT2D eigenvalue weighted by Gasteiger charge is -2.20. The van der Waals surface area contributed by atoms with E-state index in [-0.39, 0.29) is 12.1 Å². The minimum absolute atomic E-state index is 0.0776. The first-order chi connectivity index (χ1) is 10.4. The number of aliphatic imine (C=N–C) groups is 1. The molecule has 0 aromatic rings. The molecule has 2 aliphatic rings. The second-order valence-electron chi connectivity index (χ2n) is 5.15. The third-order valence-corrected chi connectivity index (χ3v) is 3.61. The van der Waals surface area contributed by atoms with Crippen LogP contribution in [-0.4, -0.2) is 62.5 Å². The molecule has 8 nitrogen and oxygen atoms in total. The first-order valence-electron chi connectivity index (χ1n) is 6.79. The summed E-state index contributed by atoms with van der Waals surface area (Å²) in [5, 5.41) is 27.1. The van der Waals surface area contributed by atoms with Crippen LogP contribution in [0.4, 0.5) is 0 Å². The van der Waals surface area contributed by atoms with Gasteiger partial charge in [-0.15, -0.1) is 0 Å². The number of dihydropyridines is 1. The van der Waals surface area contributed by atoms with Gasteiger partial charge >= 0.3 is 17.9 Å². The summed E-state index contributed by atoms with van der Waals surface area (Å²) in [5.41, 5.74) is 0.186. The maximum absolute atomic E-state index is 11.1. The second kappa shape index (κ2) is 6.42. The number of hydrogen-bond acceptors (Lipinski definition) is 5. The van der Waals surface area contributed by atoms with Crippen LogP contribution in [-0.2, 0) is 14.4 Å². The number of likely N-dealkylation sites (tertiary alicyclic amines) is 1. The molecule has 0 bridgehead atoms. The SMILES string of the molecule is O=C(O)C1=NC(C(=O)O)CC(C=CN2CCCC2C(=O)O)=C1. The van der Waals surface area contributed by atoms with Crippen molar-refractivity contribution in [3.05, 3.63) is 23.9 Å². The molecule has 3 N–H and O–H groups in total. The maximum atomic E-state index is 11.1. The summed E-state index contributed by atoms with van der Waals surface area (Å²) in [4.78, 5) is 38.4. The highest BCUT2D eigenvalue weighted by Crippen LogP contribution is 2.21. The fourth-order valence-electron chi connectivity index (χ4n) is 2.51. The Morgan fingerprint density at radius 1 is 1.23 bits per heavy atom.